The predicted octanol–water partition coefficient (Wildman–Crippen LogP) is 9.19. The minimum absolute atomic E-state index is 0.0957. The molecule has 2 aromatic rings. The molecule has 0 saturated heterocycles. The lowest BCUT2D eigenvalue weighted by atomic mass is 10.0. The number of unbranched alkanes of at least 4 members (excludes halogenated alkanes) is 13. The third-order valence-corrected chi connectivity index (χ3v) is 6.19. The SMILES string of the molecule is CCCCCCCCCCCCCCCCC(=O)OC(c1ccccc1)c1ccccc1. The summed E-state index contributed by atoms with van der Waals surface area (Å²) in [4.78, 5) is 12.5. The van der Waals surface area contributed by atoms with E-state index in [-0.39, 0.29) is 12.1 Å². The molecular formula is C30H44O2. The zero-order valence-electron chi connectivity index (χ0n) is 20.3. The average Bonchev–Trinajstić information content (AvgIpc) is 2.84. The minimum atomic E-state index is -0.323. The zero-order chi connectivity index (χ0) is 22.7. The van der Waals surface area contributed by atoms with E-state index in [1.807, 2.05) is 60.7 Å². The Labute approximate surface area is 196 Å². The molecule has 176 valence electrons. The molecular weight excluding hydrogens is 392 g/mol. The summed E-state index contributed by atoms with van der Waals surface area (Å²) in [6, 6.07) is 20.0. The molecule has 2 rings (SSSR count). The van der Waals surface area contributed by atoms with Crippen LogP contribution in [0.15, 0.2) is 60.7 Å². The van der Waals surface area contributed by atoms with E-state index in [2.05, 4.69) is 6.92 Å². The molecule has 0 aliphatic carbocycles. The minimum Gasteiger partial charge on any atom is -0.453 e. The van der Waals surface area contributed by atoms with Crippen LogP contribution in [0.25, 0.3) is 0 Å². The molecule has 0 saturated carbocycles. The highest BCUT2D eigenvalue weighted by Crippen LogP contribution is 2.26. The molecule has 2 nitrogen and oxygen atoms in total. The third kappa shape index (κ3) is 11.5. The normalized spacial score (nSPS) is 11.1. The van der Waals surface area contributed by atoms with E-state index >= 15 is 0 Å². The Morgan fingerprint density at radius 1 is 0.594 bits per heavy atom. The third-order valence-electron chi connectivity index (χ3n) is 6.19. The van der Waals surface area contributed by atoms with Gasteiger partial charge in [0.1, 0.15) is 0 Å². The highest BCUT2D eigenvalue weighted by atomic mass is 16.5. The van der Waals surface area contributed by atoms with Gasteiger partial charge in [0, 0.05) is 6.42 Å². The summed E-state index contributed by atoms with van der Waals surface area (Å²) >= 11 is 0. The van der Waals surface area contributed by atoms with Gasteiger partial charge in [-0.1, -0.05) is 151 Å². The van der Waals surface area contributed by atoms with Crippen LogP contribution in [0.2, 0.25) is 0 Å². The maximum absolute atomic E-state index is 12.5. The fourth-order valence-electron chi connectivity index (χ4n) is 4.24. The van der Waals surface area contributed by atoms with E-state index < -0.39 is 0 Å². The van der Waals surface area contributed by atoms with Crippen molar-refractivity contribution in [3.05, 3.63) is 71.8 Å². The van der Waals surface area contributed by atoms with Crippen molar-refractivity contribution < 1.29 is 9.53 Å². The van der Waals surface area contributed by atoms with Crippen LogP contribution < -0.4 is 0 Å². The highest BCUT2D eigenvalue weighted by Gasteiger charge is 2.18. The van der Waals surface area contributed by atoms with Crippen LogP contribution >= 0.6 is 0 Å². The van der Waals surface area contributed by atoms with Gasteiger partial charge in [-0.05, 0) is 17.5 Å². The van der Waals surface area contributed by atoms with Crippen molar-refractivity contribution in [2.24, 2.45) is 0 Å². The summed E-state index contributed by atoms with van der Waals surface area (Å²) in [5.74, 6) is -0.0957. The Morgan fingerprint density at radius 3 is 1.38 bits per heavy atom. The first kappa shape index (κ1) is 26.2. The van der Waals surface area contributed by atoms with Gasteiger partial charge in [-0.15, -0.1) is 0 Å². The second kappa shape index (κ2) is 17.5. The van der Waals surface area contributed by atoms with Crippen LogP contribution in [-0.2, 0) is 9.53 Å². The number of ether oxygens (including phenoxy) is 1. The molecule has 0 amide bonds. The number of hydrogen-bond donors (Lipinski definition) is 0. The van der Waals surface area contributed by atoms with Gasteiger partial charge in [0.25, 0.3) is 0 Å². The summed E-state index contributed by atoms with van der Waals surface area (Å²) in [6.07, 6.45) is 18.7. The Morgan fingerprint density at radius 2 is 0.969 bits per heavy atom. The Hall–Kier alpha value is -2.09. The average molecular weight is 437 g/mol. The van der Waals surface area contributed by atoms with Gasteiger partial charge in [0.15, 0.2) is 6.10 Å². The fraction of sp³-hybridized carbons (Fsp3) is 0.567. The summed E-state index contributed by atoms with van der Waals surface area (Å²) in [6.45, 7) is 2.28. The smallest absolute Gasteiger partial charge is 0.306 e. The van der Waals surface area contributed by atoms with E-state index in [0.29, 0.717) is 6.42 Å². The van der Waals surface area contributed by atoms with Crippen molar-refractivity contribution in [2.75, 3.05) is 0 Å². The van der Waals surface area contributed by atoms with Crippen molar-refractivity contribution >= 4 is 5.97 Å². The van der Waals surface area contributed by atoms with E-state index in [9.17, 15) is 4.79 Å². The topological polar surface area (TPSA) is 26.3 Å². The Bertz CT molecular complexity index is 656. The molecule has 0 aliphatic heterocycles. The lowest BCUT2D eigenvalue weighted by molar-refractivity contribution is -0.147. The van der Waals surface area contributed by atoms with Crippen molar-refractivity contribution in [3.63, 3.8) is 0 Å². The van der Waals surface area contributed by atoms with E-state index in [1.165, 1.54) is 77.0 Å². The lowest BCUT2D eigenvalue weighted by Crippen LogP contribution is -2.12. The van der Waals surface area contributed by atoms with Gasteiger partial charge < -0.3 is 4.74 Å². The number of carbonyl (C=O) groups excluding carboxylic acids is 1. The molecule has 0 aromatic heterocycles. The Kier molecular flexibility index (Phi) is 14.3. The van der Waals surface area contributed by atoms with Crippen LogP contribution in [0.1, 0.15) is 120 Å². The second-order valence-electron chi connectivity index (χ2n) is 9.04. The van der Waals surface area contributed by atoms with Crippen LogP contribution in [0, 0.1) is 0 Å². The van der Waals surface area contributed by atoms with Gasteiger partial charge in [-0.3, -0.25) is 4.79 Å². The first-order chi connectivity index (χ1) is 15.8. The van der Waals surface area contributed by atoms with Gasteiger partial charge in [0.2, 0.25) is 0 Å². The van der Waals surface area contributed by atoms with Crippen molar-refractivity contribution in [1.82, 2.24) is 0 Å². The molecule has 0 fully saturated rings. The van der Waals surface area contributed by atoms with Gasteiger partial charge in [-0.25, -0.2) is 0 Å². The molecule has 32 heavy (non-hydrogen) atoms. The number of benzene rings is 2. The van der Waals surface area contributed by atoms with Gasteiger partial charge in [0.05, 0.1) is 0 Å². The van der Waals surface area contributed by atoms with Crippen LogP contribution in [0.5, 0.6) is 0 Å². The van der Waals surface area contributed by atoms with Crippen LogP contribution in [0.3, 0.4) is 0 Å². The standard InChI is InChI=1S/C30H44O2/c1-2-3-4-5-6-7-8-9-10-11-12-13-14-21-26-29(31)32-30(27-22-17-15-18-23-27)28-24-19-16-20-25-28/h15-20,22-25,30H,2-14,21,26H2,1H3. The molecule has 2 aromatic carbocycles. The summed E-state index contributed by atoms with van der Waals surface area (Å²) in [5, 5.41) is 0. The van der Waals surface area contributed by atoms with E-state index in [1.54, 1.807) is 0 Å². The van der Waals surface area contributed by atoms with Gasteiger partial charge >= 0.3 is 5.97 Å². The number of esters is 1. The molecule has 2 heteroatoms. The van der Waals surface area contributed by atoms with E-state index in [0.717, 1.165) is 24.0 Å². The maximum atomic E-state index is 12.5. The molecule has 0 N–H and O–H groups in total. The van der Waals surface area contributed by atoms with Crippen molar-refractivity contribution in [2.45, 2.75) is 109 Å². The monoisotopic (exact) mass is 436 g/mol. The number of carbonyl (C=O) groups is 1. The summed E-state index contributed by atoms with van der Waals surface area (Å²) in [7, 11) is 0. The van der Waals surface area contributed by atoms with E-state index in [4.69, 9.17) is 4.74 Å². The maximum Gasteiger partial charge on any atom is 0.306 e. The van der Waals surface area contributed by atoms with Crippen LogP contribution in [0.4, 0.5) is 0 Å². The lowest BCUT2D eigenvalue weighted by Gasteiger charge is -2.19. The molecule has 0 bridgehead atoms. The molecule has 0 heterocycles. The van der Waals surface area contributed by atoms with Crippen molar-refractivity contribution in [1.29, 1.82) is 0 Å². The van der Waals surface area contributed by atoms with Crippen LogP contribution in [-0.4, -0.2) is 5.97 Å². The quantitative estimate of drug-likeness (QED) is 0.172. The molecule has 0 aliphatic rings. The summed E-state index contributed by atoms with van der Waals surface area (Å²) in [5.41, 5.74) is 2.04. The highest BCUT2D eigenvalue weighted by molar-refractivity contribution is 5.70. The largest absolute Gasteiger partial charge is 0.453 e. The predicted molar refractivity (Wildman–Crippen MR) is 136 cm³/mol. The van der Waals surface area contributed by atoms with Crippen molar-refractivity contribution in [3.8, 4) is 0 Å². The zero-order valence-corrected chi connectivity index (χ0v) is 20.3. The van der Waals surface area contributed by atoms with Gasteiger partial charge in [-0.2, -0.15) is 0 Å². The first-order valence-corrected chi connectivity index (χ1v) is 13.1. The fourth-order valence-corrected chi connectivity index (χ4v) is 4.24. The molecule has 0 unspecified atom stereocenters. The molecule has 0 spiro atoms. The number of hydrogen-bond acceptors (Lipinski definition) is 2. The molecule has 0 atom stereocenters. The second-order valence-corrected chi connectivity index (χ2v) is 9.04. The summed E-state index contributed by atoms with van der Waals surface area (Å²) < 4.78 is 5.90. The molecule has 0 radical (unpaired) electrons. The Balaban J connectivity index is 1.53. The first-order valence-electron chi connectivity index (χ1n) is 13.1. The number of rotatable bonds is 18.